The van der Waals surface area contributed by atoms with Crippen LogP contribution in [0.4, 0.5) is 5.69 Å². The second-order valence-electron chi connectivity index (χ2n) is 6.77. The fourth-order valence-corrected chi connectivity index (χ4v) is 3.86. The van der Waals surface area contributed by atoms with Gasteiger partial charge in [0, 0.05) is 13.2 Å². The standard InChI is InChI=1S/C8H10AsNO5.C8H18O.C7H8/c1-6(11)10-8-5-3-2-4-7(8)9(12,13)15-14;1-3-5-7-9-8-6-4-2;1-7-5-3-2-4-6-7/h2-5,14H,1H3,(H,10,11)(H,12,13);3-8H2,1-2H3;2-6H,1H3. The Morgan fingerprint density at radius 1 is 0.968 bits per heavy atom. The minimum atomic E-state index is -4.92. The molecule has 0 radical (unpaired) electrons. The van der Waals surface area contributed by atoms with E-state index in [1.807, 2.05) is 18.2 Å². The Balaban J connectivity index is 0.000000478. The van der Waals surface area contributed by atoms with Crippen LogP contribution in [0.1, 0.15) is 52.0 Å². The van der Waals surface area contributed by atoms with Gasteiger partial charge in [-0.1, -0.05) is 62.6 Å². The number of amides is 1. The number of unbranched alkanes of at least 4 members (excludes halogenated alkanes) is 2. The minimum Gasteiger partial charge on any atom is -0.381 e. The Hall–Kier alpha value is -1.89. The SMILES string of the molecule is CC(=O)Nc1ccccc1[As](=O)(O)OO.CCCCOCCCC.Cc1ccccc1. The molecule has 174 valence electrons. The van der Waals surface area contributed by atoms with Gasteiger partial charge in [0.2, 0.25) is 0 Å². The molecule has 2 aromatic rings. The van der Waals surface area contributed by atoms with Gasteiger partial charge < -0.3 is 4.74 Å². The number of nitrogens with one attached hydrogen (secondary N) is 1. The van der Waals surface area contributed by atoms with E-state index < -0.39 is 14.2 Å². The third-order valence-electron chi connectivity index (χ3n) is 3.85. The zero-order valence-corrected chi connectivity index (χ0v) is 20.8. The molecule has 0 bridgehead atoms. The molecule has 8 heteroatoms. The van der Waals surface area contributed by atoms with Crippen LogP contribution in [0.25, 0.3) is 0 Å². The second-order valence-corrected chi connectivity index (χ2v) is 10.3. The number of hydrogen-bond donors (Lipinski definition) is 3. The number of carbonyl (C=O) groups is 1. The molecule has 31 heavy (non-hydrogen) atoms. The smallest absolute Gasteiger partial charge is 0.0465 e. The Morgan fingerprint density at radius 3 is 1.90 bits per heavy atom. The number of carbonyl (C=O) groups excluding carboxylic acids is 1. The van der Waals surface area contributed by atoms with Crippen molar-refractivity contribution in [2.24, 2.45) is 0 Å². The van der Waals surface area contributed by atoms with E-state index in [1.54, 1.807) is 6.07 Å². The molecule has 2 aromatic carbocycles. The van der Waals surface area contributed by atoms with Crippen LogP contribution in [0.2, 0.25) is 0 Å². The average Bonchev–Trinajstić information content (AvgIpc) is 2.75. The third kappa shape index (κ3) is 14.7. The van der Waals surface area contributed by atoms with Crippen LogP contribution in [-0.4, -0.2) is 42.6 Å². The molecular weight excluding hydrogens is 461 g/mol. The first-order valence-electron chi connectivity index (χ1n) is 10.4. The molecule has 0 aliphatic heterocycles. The fraction of sp³-hybridized carbons (Fsp3) is 0.435. The molecule has 0 aliphatic rings. The van der Waals surface area contributed by atoms with Crippen molar-refractivity contribution in [1.82, 2.24) is 0 Å². The number of benzene rings is 2. The normalized spacial score (nSPS) is 11.8. The maximum atomic E-state index is 11.4. The zero-order chi connectivity index (χ0) is 23.5. The molecule has 0 saturated heterocycles. The summed E-state index contributed by atoms with van der Waals surface area (Å²) in [5, 5.41) is 10.7. The van der Waals surface area contributed by atoms with Crippen LogP contribution in [0, 0.1) is 6.92 Å². The molecule has 3 N–H and O–H groups in total. The van der Waals surface area contributed by atoms with Crippen LogP contribution in [0.5, 0.6) is 0 Å². The van der Waals surface area contributed by atoms with Crippen LogP contribution in [0.15, 0.2) is 54.6 Å². The molecule has 1 atom stereocenters. The van der Waals surface area contributed by atoms with Crippen molar-refractivity contribution in [2.75, 3.05) is 18.5 Å². The van der Waals surface area contributed by atoms with E-state index in [0.29, 0.717) is 0 Å². The average molecular weight is 497 g/mol. The molecule has 2 rings (SSSR count). The van der Waals surface area contributed by atoms with Crippen LogP contribution in [0.3, 0.4) is 0 Å². The van der Waals surface area contributed by atoms with E-state index in [4.69, 9.17) is 9.99 Å². The Kier molecular flexibility index (Phi) is 16.7. The van der Waals surface area contributed by atoms with Crippen molar-refractivity contribution >= 4 is 30.1 Å². The Labute approximate surface area is 188 Å². The molecular formula is C23H36AsNO6. The van der Waals surface area contributed by atoms with Crippen molar-refractivity contribution in [2.45, 2.75) is 53.4 Å². The summed E-state index contributed by atoms with van der Waals surface area (Å²) in [6.45, 7) is 9.63. The summed E-state index contributed by atoms with van der Waals surface area (Å²) in [5.41, 5.74) is 1.48. The van der Waals surface area contributed by atoms with Gasteiger partial charge in [-0.2, -0.15) is 0 Å². The quantitative estimate of drug-likeness (QED) is 0.207. The molecule has 0 spiro atoms. The van der Waals surface area contributed by atoms with Gasteiger partial charge in [0.25, 0.3) is 0 Å². The van der Waals surface area contributed by atoms with Gasteiger partial charge in [-0.25, -0.2) is 0 Å². The van der Waals surface area contributed by atoms with Crippen molar-refractivity contribution in [3.8, 4) is 0 Å². The number of para-hydroxylation sites is 1. The van der Waals surface area contributed by atoms with Crippen molar-refractivity contribution in [3.05, 3.63) is 60.2 Å². The van der Waals surface area contributed by atoms with E-state index in [2.05, 4.69) is 42.1 Å². The van der Waals surface area contributed by atoms with Gasteiger partial charge in [0.15, 0.2) is 0 Å². The van der Waals surface area contributed by atoms with E-state index in [1.165, 1.54) is 56.4 Å². The molecule has 0 fully saturated rings. The van der Waals surface area contributed by atoms with E-state index in [-0.39, 0.29) is 15.9 Å². The van der Waals surface area contributed by atoms with Gasteiger partial charge in [0.1, 0.15) is 0 Å². The summed E-state index contributed by atoms with van der Waals surface area (Å²) in [4.78, 5) is 10.8. The van der Waals surface area contributed by atoms with Crippen molar-refractivity contribution < 1.29 is 26.5 Å². The number of rotatable bonds is 9. The van der Waals surface area contributed by atoms with Crippen molar-refractivity contribution in [3.63, 3.8) is 0 Å². The Bertz CT molecular complexity index is 764. The predicted molar refractivity (Wildman–Crippen MR) is 125 cm³/mol. The predicted octanol–water partition coefficient (Wildman–Crippen LogP) is 4.30. The largest absolute Gasteiger partial charge is 0.381 e. The zero-order valence-electron chi connectivity index (χ0n) is 18.9. The Morgan fingerprint density at radius 2 is 1.48 bits per heavy atom. The second kappa shape index (κ2) is 17.8. The van der Waals surface area contributed by atoms with E-state index in [9.17, 15) is 12.6 Å². The van der Waals surface area contributed by atoms with Gasteiger partial charge in [-0.05, 0) is 19.8 Å². The summed E-state index contributed by atoms with van der Waals surface area (Å²) in [6, 6.07) is 16.1. The number of ether oxygens (including phenoxy) is 1. The van der Waals surface area contributed by atoms with Gasteiger partial charge >= 0.3 is 88.4 Å². The van der Waals surface area contributed by atoms with Crippen LogP contribution in [-0.2, 0) is 17.1 Å². The molecule has 1 unspecified atom stereocenters. The molecule has 0 heterocycles. The fourth-order valence-electron chi connectivity index (χ4n) is 2.19. The summed E-state index contributed by atoms with van der Waals surface area (Å²) < 4.78 is 29.4. The first kappa shape index (κ1) is 29.1. The van der Waals surface area contributed by atoms with Crippen LogP contribution < -0.4 is 9.67 Å². The first-order chi connectivity index (χ1) is 14.8. The van der Waals surface area contributed by atoms with Crippen molar-refractivity contribution in [1.29, 1.82) is 0 Å². The summed E-state index contributed by atoms with van der Waals surface area (Å²) in [7, 11) is 0. The van der Waals surface area contributed by atoms with Gasteiger partial charge in [-0.3, -0.25) is 0 Å². The monoisotopic (exact) mass is 497 g/mol. The van der Waals surface area contributed by atoms with Gasteiger partial charge in [-0.15, -0.1) is 0 Å². The molecule has 0 saturated carbocycles. The van der Waals surface area contributed by atoms with E-state index in [0.717, 1.165) is 13.2 Å². The molecule has 7 nitrogen and oxygen atoms in total. The van der Waals surface area contributed by atoms with Gasteiger partial charge in [0.05, 0.1) is 0 Å². The summed E-state index contributed by atoms with van der Waals surface area (Å²) in [5.74, 6) is -0.379. The first-order valence-corrected chi connectivity index (χ1v) is 13.7. The van der Waals surface area contributed by atoms with E-state index >= 15 is 0 Å². The third-order valence-corrected chi connectivity index (χ3v) is 6.41. The molecule has 1 amide bonds. The molecule has 0 aliphatic carbocycles. The number of hydrogen-bond acceptors (Lipinski definition) is 5. The van der Waals surface area contributed by atoms with Crippen LogP contribution >= 0.6 is 0 Å². The summed E-state index contributed by atoms with van der Waals surface area (Å²) in [6.07, 6.45) is 4.91. The maximum absolute atomic E-state index is 11.4. The number of aryl methyl sites for hydroxylation is 1. The summed E-state index contributed by atoms with van der Waals surface area (Å²) >= 11 is -4.92. The maximum Gasteiger partial charge on any atom is 0.0465 e. The number of anilines is 1. The topological polar surface area (TPSA) is 105 Å². The minimum absolute atomic E-state index is 0.103. The molecule has 0 aromatic heterocycles.